The third-order valence-corrected chi connectivity index (χ3v) is 2.77. The first kappa shape index (κ1) is 12.7. The molecule has 0 saturated heterocycles. The lowest BCUT2D eigenvalue weighted by atomic mass is 10.3. The number of nitrogens with two attached hydrogens (primary N) is 1. The monoisotopic (exact) mass is 312 g/mol. The lowest BCUT2D eigenvalue weighted by Gasteiger charge is -2.09. The number of nitrogens with zero attached hydrogens (tertiary/aromatic N) is 2. The smallest absolute Gasteiger partial charge is 0.240 e. The molecule has 0 spiro atoms. The van der Waals surface area contributed by atoms with E-state index in [1.807, 2.05) is 0 Å². The molecule has 18 heavy (non-hydrogen) atoms. The second-order valence-corrected chi connectivity index (χ2v) is 4.36. The largest absolute Gasteiger partial charge is 0.439 e. The van der Waals surface area contributed by atoms with Crippen LogP contribution in [0.15, 0.2) is 28.9 Å². The SMILES string of the molecule is Cc1cnc(NN)nc1Oc1ccc(F)c(Br)c1. The van der Waals surface area contributed by atoms with Crippen LogP contribution in [0.25, 0.3) is 0 Å². The van der Waals surface area contributed by atoms with Gasteiger partial charge in [0.1, 0.15) is 11.6 Å². The number of hydrazine groups is 1. The second kappa shape index (κ2) is 5.28. The average molecular weight is 313 g/mol. The van der Waals surface area contributed by atoms with Crippen LogP contribution >= 0.6 is 15.9 Å². The molecule has 0 atom stereocenters. The van der Waals surface area contributed by atoms with E-state index in [2.05, 4.69) is 31.3 Å². The molecule has 0 saturated carbocycles. The number of ether oxygens (including phenoxy) is 1. The van der Waals surface area contributed by atoms with Crippen LogP contribution in [-0.4, -0.2) is 9.97 Å². The van der Waals surface area contributed by atoms with Gasteiger partial charge in [-0.05, 0) is 41.1 Å². The van der Waals surface area contributed by atoms with E-state index in [0.29, 0.717) is 16.1 Å². The van der Waals surface area contributed by atoms with Gasteiger partial charge in [-0.1, -0.05) is 0 Å². The predicted octanol–water partition coefficient (Wildman–Crippen LogP) is 2.76. The molecule has 0 fully saturated rings. The Labute approximate surface area is 111 Å². The number of hydrogen-bond acceptors (Lipinski definition) is 5. The number of aryl methyl sites for hydroxylation is 1. The molecule has 0 bridgehead atoms. The highest BCUT2D eigenvalue weighted by Crippen LogP contribution is 2.27. The summed E-state index contributed by atoms with van der Waals surface area (Å²) in [5, 5.41) is 0. The van der Waals surface area contributed by atoms with E-state index in [4.69, 9.17) is 10.6 Å². The first-order valence-corrected chi connectivity index (χ1v) is 5.82. The zero-order valence-electron chi connectivity index (χ0n) is 9.45. The maximum absolute atomic E-state index is 13.1. The minimum atomic E-state index is -0.355. The molecular formula is C11H10BrFN4O. The molecule has 0 aliphatic heterocycles. The molecule has 2 aromatic rings. The Balaban J connectivity index is 2.30. The molecule has 2 rings (SSSR count). The molecule has 0 radical (unpaired) electrons. The van der Waals surface area contributed by atoms with E-state index in [0.717, 1.165) is 5.56 Å². The van der Waals surface area contributed by atoms with E-state index in [-0.39, 0.29) is 11.8 Å². The first-order valence-electron chi connectivity index (χ1n) is 5.03. The number of nitrogens with one attached hydrogen (secondary N) is 1. The van der Waals surface area contributed by atoms with Crippen LogP contribution < -0.4 is 16.0 Å². The van der Waals surface area contributed by atoms with E-state index < -0.39 is 0 Å². The van der Waals surface area contributed by atoms with Crippen LogP contribution in [-0.2, 0) is 0 Å². The Morgan fingerprint density at radius 3 is 2.89 bits per heavy atom. The molecule has 1 heterocycles. The standard InChI is InChI=1S/C11H10BrFN4O/c1-6-5-15-11(17-14)16-10(6)18-7-2-3-9(13)8(12)4-7/h2-5H,14H2,1H3,(H,15,16,17). The topological polar surface area (TPSA) is 73.1 Å². The van der Waals surface area contributed by atoms with Gasteiger partial charge in [-0.2, -0.15) is 4.98 Å². The molecule has 3 N–H and O–H groups in total. The Morgan fingerprint density at radius 2 is 2.22 bits per heavy atom. The zero-order chi connectivity index (χ0) is 13.1. The summed E-state index contributed by atoms with van der Waals surface area (Å²) < 4.78 is 18.9. The summed E-state index contributed by atoms with van der Waals surface area (Å²) in [6, 6.07) is 4.33. The van der Waals surface area contributed by atoms with Gasteiger partial charge in [0.2, 0.25) is 11.8 Å². The van der Waals surface area contributed by atoms with Crippen LogP contribution in [0.3, 0.4) is 0 Å². The maximum atomic E-state index is 13.1. The lowest BCUT2D eigenvalue weighted by molar-refractivity contribution is 0.456. The van der Waals surface area contributed by atoms with Crippen molar-refractivity contribution in [2.24, 2.45) is 5.84 Å². The number of benzene rings is 1. The molecule has 1 aromatic carbocycles. The van der Waals surface area contributed by atoms with E-state index >= 15 is 0 Å². The van der Waals surface area contributed by atoms with Crippen molar-refractivity contribution in [2.45, 2.75) is 6.92 Å². The minimum absolute atomic E-state index is 0.247. The second-order valence-electron chi connectivity index (χ2n) is 3.50. The quantitative estimate of drug-likeness (QED) is 0.673. The highest BCUT2D eigenvalue weighted by atomic mass is 79.9. The van der Waals surface area contributed by atoms with Crippen LogP contribution in [0.4, 0.5) is 10.3 Å². The molecule has 0 aliphatic carbocycles. The number of halogens is 2. The van der Waals surface area contributed by atoms with Crippen molar-refractivity contribution in [1.82, 2.24) is 9.97 Å². The zero-order valence-corrected chi connectivity index (χ0v) is 11.0. The Bertz CT molecular complexity index is 579. The lowest BCUT2D eigenvalue weighted by Crippen LogP contribution is -2.11. The molecule has 5 nitrogen and oxygen atoms in total. The first-order chi connectivity index (χ1) is 8.60. The Kier molecular flexibility index (Phi) is 3.73. The summed E-state index contributed by atoms with van der Waals surface area (Å²) in [6.45, 7) is 1.80. The summed E-state index contributed by atoms with van der Waals surface area (Å²) in [5.41, 5.74) is 3.07. The number of hydrogen-bond donors (Lipinski definition) is 2. The Morgan fingerprint density at radius 1 is 1.44 bits per heavy atom. The maximum Gasteiger partial charge on any atom is 0.240 e. The van der Waals surface area contributed by atoms with Gasteiger partial charge in [-0.3, -0.25) is 5.43 Å². The van der Waals surface area contributed by atoms with Crippen molar-refractivity contribution < 1.29 is 9.13 Å². The third-order valence-electron chi connectivity index (χ3n) is 2.16. The molecule has 0 amide bonds. The summed E-state index contributed by atoms with van der Waals surface area (Å²) in [6.07, 6.45) is 1.58. The van der Waals surface area contributed by atoms with Crippen molar-refractivity contribution >= 4 is 21.9 Å². The predicted molar refractivity (Wildman–Crippen MR) is 68.8 cm³/mol. The van der Waals surface area contributed by atoms with Crippen molar-refractivity contribution in [3.05, 3.63) is 40.2 Å². The van der Waals surface area contributed by atoms with Gasteiger partial charge in [-0.25, -0.2) is 15.2 Å². The van der Waals surface area contributed by atoms with E-state index in [1.165, 1.54) is 18.2 Å². The van der Waals surface area contributed by atoms with Crippen molar-refractivity contribution in [3.8, 4) is 11.6 Å². The molecule has 0 unspecified atom stereocenters. The third kappa shape index (κ3) is 2.74. The molecular weight excluding hydrogens is 303 g/mol. The van der Waals surface area contributed by atoms with Gasteiger partial charge in [0, 0.05) is 11.8 Å². The molecule has 0 aliphatic rings. The Hall–Kier alpha value is -1.73. The van der Waals surface area contributed by atoms with E-state index in [1.54, 1.807) is 13.1 Å². The van der Waals surface area contributed by atoms with Gasteiger partial charge >= 0.3 is 0 Å². The highest BCUT2D eigenvalue weighted by molar-refractivity contribution is 9.10. The van der Waals surface area contributed by atoms with Crippen molar-refractivity contribution in [1.29, 1.82) is 0 Å². The number of aromatic nitrogens is 2. The fourth-order valence-corrected chi connectivity index (χ4v) is 1.61. The van der Waals surface area contributed by atoms with Gasteiger partial charge in [0.15, 0.2) is 0 Å². The normalized spacial score (nSPS) is 10.2. The fourth-order valence-electron chi connectivity index (χ4n) is 1.25. The van der Waals surface area contributed by atoms with Gasteiger partial charge < -0.3 is 4.74 Å². The van der Waals surface area contributed by atoms with Gasteiger partial charge in [-0.15, -0.1) is 0 Å². The minimum Gasteiger partial charge on any atom is -0.439 e. The molecule has 7 heteroatoms. The van der Waals surface area contributed by atoms with Crippen LogP contribution in [0.2, 0.25) is 0 Å². The van der Waals surface area contributed by atoms with Gasteiger partial charge in [0.25, 0.3) is 0 Å². The summed E-state index contributed by atoms with van der Waals surface area (Å²) in [4.78, 5) is 7.99. The van der Waals surface area contributed by atoms with Crippen molar-refractivity contribution in [3.63, 3.8) is 0 Å². The average Bonchev–Trinajstić information content (AvgIpc) is 2.36. The number of rotatable bonds is 3. The number of anilines is 1. The summed E-state index contributed by atoms with van der Waals surface area (Å²) in [5.74, 6) is 5.93. The number of nitrogen functional groups attached to an aromatic ring is 1. The molecule has 94 valence electrons. The van der Waals surface area contributed by atoms with E-state index in [9.17, 15) is 4.39 Å². The highest BCUT2D eigenvalue weighted by Gasteiger charge is 2.07. The van der Waals surface area contributed by atoms with Crippen LogP contribution in [0.1, 0.15) is 5.56 Å². The van der Waals surface area contributed by atoms with Gasteiger partial charge in [0.05, 0.1) is 4.47 Å². The molecule has 1 aromatic heterocycles. The summed E-state index contributed by atoms with van der Waals surface area (Å²) in [7, 11) is 0. The van der Waals surface area contributed by atoms with Crippen molar-refractivity contribution in [2.75, 3.05) is 5.43 Å². The van der Waals surface area contributed by atoms with Crippen LogP contribution in [0, 0.1) is 12.7 Å². The fraction of sp³-hybridized carbons (Fsp3) is 0.0909. The summed E-state index contributed by atoms with van der Waals surface area (Å²) >= 11 is 3.09. The van der Waals surface area contributed by atoms with Crippen LogP contribution in [0.5, 0.6) is 11.6 Å².